The molecule has 0 saturated carbocycles. The third-order valence-electron chi connectivity index (χ3n) is 14.2. The monoisotopic (exact) mass is 910 g/mol. The Kier molecular flexibility index (Phi) is 8.49. The lowest BCUT2D eigenvalue weighted by Crippen LogP contribution is -1.92. The largest absolute Gasteiger partial charge is 0.456 e. The van der Waals surface area contributed by atoms with Crippen molar-refractivity contribution >= 4 is 97.2 Å². The van der Waals surface area contributed by atoms with Gasteiger partial charge >= 0.3 is 0 Å². The molecule has 0 amide bonds. The van der Waals surface area contributed by atoms with Gasteiger partial charge in [-0.3, -0.25) is 0 Å². The van der Waals surface area contributed by atoms with Gasteiger partial charge in [-0.25, -0.2) is 4.98 Å². The van der Waals surface area contributed by atoms with Crippen molar-refractivity contribution in [2.75, 3.05) is 0 Å². The van der Waals surface area contributed by atoms with Crippen LogP contribution in [0.15, 0.2) is 239 Å². The number of rotatable bonds is 6. The maximum Gasteiger partial charge on any atom is 0.136 e. The molecule has 0 aliphatic rings. The van der Waals surface area contributed by atoms with E-state index in [1.165, 1.54) is 53.1 Å². The number of fused-ring (bicyclic) bond motifs is 12. The van der Waals surface area contributed by atoms with E-state index in [0.717, 1.165) is 94.3 Å². The number of hydrogen-bond acceptors (Lipinski definition) is 4. The van der Waals surface area contributed by atoms with Gasteiger partial charge in [-0.2, -0.15) is 0 Å². The van der Waals surface area contributed by atoms with E-state index in [4.69, 9.17) is 13.8 Å². The average molecular weight is 911 g/mol. The van der Waals surface area contributed by atoms with E-state index in [2.05, 4.69) is 223 Å². The van der Waals surface area contributed by atoms with E-state index in [-0.39, 0.29) is 0 Å². The molecule has 0 saturated heterocycles. The Labute approximate surface area is 405 Å². The summed E-state index contributed by atoms with van der Waals surface area (Å²) >= 11 is 1.86. The summed E-state index contributed by atoms with van der Waals surface area (Å²) in [4.78, 5) is 5.43. The number of furan rings is 2. The van der Waals surface area contributed by atoms with E-state index < -0.39 is 0 Å². The Morgan fingerprint density at radius 3 is 1.86 bits per heavy atom. The molecule has 0 radical (unpaired) electrons. The van der Waals surface area contributed by atoms with Crippen molar-refractivity contribution < 1.29 is 8.83 Å². The third-order valence-corrected chi connectivity index (χ3v) is 15.3. The standard InChI is InChI=1S/C65H38N2O2S/c1-3-13-39(14-4-1)44-36-54(43-25-29-49-48-18-8-10-22-58(48)69-61(49)38-43)66-55(37-44)50-20-11-23-60-64(50)52-33-40(27-31-59(52)68-60)41-28-32-62-53(34-41)65-46(19-12-24-63(65)70-62)42-26-30-57-51(35-42)47-17-7-9-21-56(47)67(57)45-15-5-2-6-16-45/h1-38H. The molecule has 5 aromatic heterocycles. The van der Waals surface area contributed by atoms with Gasteiger partial charge < -0.3 is 13.4 Å². The lowest BCUT2D eigenvalue weighted by atomic mass is 9.95. The fraction of sp³-hybridized carbons (Fsp3) is 0. The molecule has 0 bridgehead atoms. The molecule has 4 nitrogen and oxygen atoms in total. The summed E-state index contributed by atoms with van der Waals surface area (Å²) in [7, 11) is 0. The Morgan fingerprint density at radius 1 is 0.314 bits per heavy atom. The molecule has 0 aliphatic heterocycles. The molecule has 5 heterocycles. The molecule has 15 rings (SSSR count). The predicted molar refractivity (Wildman–Crippen MR) is 293 cm³/mol. The van der Waals surface area contributed by atoms with Gasteiger partial charge in [0.1, 0.15) is 22.3 Å². The Balaban J connectivity index is 0.870. The second-order valence-electron chi connectivity index (χ2n) is 18.2. The minimum atomic E-state index is 0.828. The van der Waals surface area contributed by atoms with E-state index in [1.807, 2.05) is 23.5 Å². The van der Waals surface area contributed by atoms with Gasteiger partial charge in [-0.1, -0.05) is 133 Å². The maximum absolute atomic E-state index is 6.64. The van der Waals surface area contributed by atoms with Crippen LogP contribution in [0.4, 0.5) is 0 Å². The number of benzene rings is 10. The molecule has 5 heteroatoms. The number of para-hydroxylation sites is 3. The number of thiophene rings is 1. The SMILES string of the molecule is c1ccc(-c2cc(-c3ccc4c(c3)oc3ccccc34)nc(-c3cccc4oc5ccc(-c6ccc7sc8cccc(-c9ccc%10c(c9)c9ccccc9n%10-c9ccccc9)c8c7c6)cc5c34)c2)cc1. The quantitative estimate of drug-likeness (QED) is 0.167. The van der Waals surface area contributed by atoms with Gasteiger partial charge in [-0.15, -0.1) is 11.3 Å². The summed E-state index contributed by atoms with van der Waals surface area (Å²) in [6.07, 6.45) is 0. The van der Waals surface area contributed by atoms with Crippen LogP contribution in [0.2, 0.25) is 0 Å². The molecular formula is C65H38N2O2S. The van der Waals surface area contributed by atoms with E-state index in [1.54, 1.807) is 0 Å². The highest BCUT2D eigenvalue weighted by Gasteiger charge is 2.20. The van der Waals surface area contributed by atoms with Crippen LogP contribution in [-0.2, 0) is 0 Å². The van der Waals surface area contributed by atoms with Crippen molar-refractivity contribution in [2.24, 2.45) is 0 Å². The minimum Gasteiger partial charge on any atom is -0.456 e. The first-order valence-corrected chi connectivity index (χ1v) is 24.5. The molecule has 0 fully saturated rings. The molecule has 15 aromatic rings. The van der Waals surface area contributed by atoms with Gasteiger partial charge in [0.15, 0.2) is 0 Å². The number of aromatic nitrogens is 2. The molecule has 0 unspecified atom stereocenters. The van der Waals surface area contributed by atoms with Crippen molar-refractivity contribution in [1.29, 1.82) is 0 Å². The van der Waals surface area contributed by atoms with E-state index >= 15 is 0 Å². The third kappa shape index (κ3) is 6.05. The zero-order valence-corrected chi connectivity index (χ0v) is 38.4. The summed E-state index contributed by atoms with van der Waals surface area (Å²) in [5.41, 5.74) is 17.7. The summed E-state index contributed by atoms with van der Waals surface area (Å²) < 4.78 is 17.9. The van der Waals surface area contributed by atoms with Gasteiger partial charge in [0.25, 0.3) is 0 Å². The molecule has 326 valence electrons. The van der Waals surface area contributed by atoms with Crippen molar-refractivity contribution in [3.8, 4) is 61.6 Å². The molecule has 0 N–H and O–H groups in total. The fourth-order valence-corrected chi connectivity index (χ4v) is 12.1. The molecule has 0 spiro atoms. The van der Waals surface area contributed by atoms with Crippen LogP contribution in [0.1, 0.15) is 0 Å². The minimum absolute atomic E-state index is 0.828. The number of hydrogen-bond donors (Lipinski definition) is 0. The topological polar surface area (TPSA) is 44.1 Å². The number of nitrogens with zero attached hydrogens (tertiary/aromatic N) is 2. The maximum atomic E-state index is 6.64. The summed E-state index contributed by atoms with van der Waals surface area (Å²) in [6.45, 7) is 0. The Bertz CT molecular complexity index is 4590. The predicted octanol–water partition coefficient (Wildman–Crippen LogP) is 18.7. The van der Waals surface area contributed by atoms with Gasteiger partial charge in [-0.05, 0) is 130 Å². The summed E-state index contributed by atoms with van der Waals surface area (Å²) in [6, 6.07) is 82.6. The highest BCUT2D eigenvalue weighted by molar-refractivity contribution is 7.26. The molecule has 70 heavy (non-hydrogen) atoms. The zero-order chi connectivity index (χ0) is 45.9. The van der Waals surface area contributed by atoms with Crippen LogP contribution in [0.3, 0.4) is 0 Å². The van der Waals surface area contributed by atoms with Crippen LogP contribution in [0.25, 0.3) is 147 Å². The fourth-order valence-electron chi connectivity index (χ4n) is 11.0. The van der Waals surface area contributed by atoms with Crippen molar-refractivity contribution in [3.63, 3.8) is 0 Å². The Morgan fingerprint density at radius 2 is 0.957 bits per heavy atom. The van der Waals surface area contributed by atoms with E-state index in [0.29, 0.717) is 0 Å². The molecule has 0 atom stereocenters. The highest BCUT2D eigenvalue weighted by Crippen LogP contribution is 2.45. The lowest BCUT2D eigenvalue weighted by molar-refractivity contribution is 0.668. The first kappa shape index (κ1) is 39.0. The van der Waals surface area contributed by atoms with Crippen LogP contribution < -0.4 is 0 Å². The van der Waals surface area contributed by atoms with Crippen LogP contribution in [-0.4, -0.2) is 9.55 Å². The lowest BCUT2D eigenvalue weighted by Gasteiger charge is -2.11. The van der Waals surface area contributed by atoms with E-state index in [9.17, 15) is 0 Å². The van der Waals surface area contributed by atoms with Crippen LogP contribution >= 0.6 is 11.3 Å². The first-order chi connectivity index (χ1) is 34.7. The molecule has 10 aromatic carbocycles. The second kappa shape index (κ2) is 15.2. The average Bonchev–Trinajstić information content (AvgIpc) is 4.19. The van der Waals surface area contributed by atoms with Crippen LogP contribution in [0, 0.1) is 0 Å². The van der Waals surface area contributed by atoms with Crippen molar-refractivity contribution in [1.82, 2.24) is 9.55 Å². The smallest absolute Gasteiger partial charge is 0.136 e. The van der Waals surface area contributed by atoms with Gasteiger partial charge in [0, 0.05) is 69.3 Å². The summed E-state index contributed by atoms with van der Waals surface area (Å²) in [5, 5.41) is 9.34. The zero-order valence-electron chi connectivity index (χ0n) is 37.6. The number of pyridine rings is 1. The molecule has 0 aliphatic carbocycles. The Hall–Kier alpha value is -9.03. The van der Waals surface area contributed by atoms with Crippen LogP contribution in [0.5, 0.6) is 0 Å². The van der Waals surface area contributed by atoms with Gasteiger partial charge in [0.05, 0.1) is 22.4 Å². The van der Waals surface area contributed by atoms with Crippen molar-refractivity contribution in [3.05, 3.63) is 231 Å². The normalized spacial score (nSPS) is 12.0. The highest BCUT2D eigenvalue weighted by atomic mass is 32.1. The van der Waals surface area contributed by atoms with Gasteiger partial charge in [0.2, 0.25) is 0 Å². The second-order valence-corrected chi connectivity index (χ2v) is 19.3. The molecular weight excluding hydrogens is 873 g/mol. The first-order valence-electron chi connectivity index (χ1n) is 23.7. The summed E-state index contributed by atoms with van der Waals surface area (Å²) in [5.74, 6) is 0. The van der Waals surface area contributed by atoms with Crippen molar-refractivity contribution in [2.45, 2.75) is 0 Å².